The van der Waals surface area contributed by atoms with Gasteiger partial charge in [0.1, 0.15) is 0 Å². The summed E-state index contributed by atoms with van der Waals surface area (Å²) < 4.78 is 52.0. The van der Waals surface area contributed by atoms with Gasteiger partial charge in [-0.25, -0.2) is 0 Å². The Labute approximate surface area is 92.6 Å². The van der Waals surface area contributed by atoms with Crippen LogP contribution in [0.4, 0.5) is 17.6 Å². The van der Waals surface area contributed by atoms with Gasteiger partial charge in [0.05, 0.1) is 6.61 Å². The van der Waals surface area contributed by atoms with E-state index in [1.165, 1.54) is 0 Å². The van der Waals surface area contributed by atoms with Gasteiger partial charge in [-0.15, -0.1) is 24.8 Å². The average Bonchev–Trinajstić information content (AvgIpc) is 2.14. The summed E-state index contributed by atoms with van der Waals surface area (Å²) in [5.41, 5.74) is -0.250. The van der Waals surface area contributed by atoms with E-state index in [2.05, 4.69) is 9.72 Å². The smallest absolute Gasteiger partial charge is 0.391 e. The molecule has 0 atom stereocenters. The van der Waals surface area contributed by atoms with Crippen molar-refractivity contribution in [3.63, 3.8) is 0 Å². The van der Waals surface area contributed by atoms with E-state index in [1.807, 2.05) is 0 Å². The van der Waals surface area contributed by atoms with E-state index in [1.54, 1.807) is 0 Å². The van der Waals surface area contributed by atoms with Crippen LogP contribution < -0.4 is 4.74 Å². The maximum atomic E-state index is 13.1. The number of alkyl halides is 4. The van der Waals surface area contributed by atoms with Crippen molar-refractivity contribution in [1.29, 1.82) is 0 Å². The standard InChI is InChI=1S/C8H6ClF4NO2/c9-2-4-1-6(16-8(11,12)13)14-7(10)5(4)3-15/h1,15H,2-3H2. The molecule has 0 aromatic carbocycles. The molecule has 0 saturated carbocycles. The highest BCUT2D eigenvalue weighted by Crippen LogP contribution is 2.25. The lowest BCUT2D eigenvalue weighted by Crippen LogP contribution is -2.18. The SMILES string of the molecule is OCc1c(CCl)cc(OC(F)(F)F)nc1F. The van der Waals surface area contributed by atoms with Crippen molar-refractivity contribution in [1.82, 2.24) is 4.98 Å². The lowest BCUT2D eigenvalue weighted by atomic mass is 10.1. The molecular weight excluding hydrogens is 254 g/mol. The number of pyridine rings is 1. The van der Waals surface area contributed by atoms with Crippen molar-refractivity contribution in [3.8, 4) is 5.88 Å². The number of hydrogen-bond donors (Lipinski definition) is 1. The third kappa shape index (κ3) is 3.21. The zero-order valence-corrected chi connectivity index (χ0v) is 8.44. The van der Waals surface area contributed by atoms with Crippen LogP contribution in [-0.4, -0.2) is 16.5 Å². The molecule has 0 saturated heterocycles. The van der Waals surface area contributed by atoms with E-state index in [9.17, 15) is 17.6 Å². The second-order valence-electron chi connectivity index (χ2n) is 2.73. The summed E-state index contributed by atoms with van der Waals surface area (Å²) in [5.74, 6) is -2.44. The largest absolute Gasteiger partial charge is 0.574 e. The normalized spacial score (nSPS) is 11.6. The number of hydrogen-bond acceptors (Lipinski definition) is 3. The quantitative estimate of drug-likeness (QED) is 0.515. The van der Waals surface area contributed by atoms with Crippen LogP contribution in [0.2, 0.25) is 0 Å². The molecule has 0 unspecified atom stereocenters. The topological polar surface area (TPSA) is 42.4 Å². The van der Waals surface area contributed by atoms with Crippen LogP contribution in [-0.2, 0) is 12.5 Å². The minimum atomic E-state index is -4.95. The van der Waals surface area contributed by atoms with Gasteiger partial charge in [0.25, 0.3) is 0 Å². The maximum absolute atomic E-state index is 13.1. The molecule has 0 aliphatic rings. The van der Waals surface area contributed by atoms with Crippen molar-refractivity contribution in [2.45, 2.75) is 18.8 Å². The summed E-state index contributed by atoms with van der Waals surface area (Å²) in [6.45, 7) is -0.701. The Balaban J connectivity index is 3.10. The van der Waals surface area contributed by atoms with Crippen LogP contribution >= 0.6 is 11.6 Å². The van der Waals surface area contributed by atoms with Crippen molar-refractivity contribution in [2.24, 2.45) is 0 Å². The number of ether oxygens (including phenoxy) is 1. The summed E-state index contributed by atoms with van der Waals surface area (Å²) in [6.07, 6.45) is -4.95. The zero-order chi connectivity index (χ0) is 12.3. The summed E-state index contributed by atoms with van der Waals surface area (Å²) in [4.78, 5) is 2.91. The van der Waals surface area contributed by atoms with E-state index >= 15 is 0 Å². The molecule has 1 N–H and O–H groups in total. The van der Waals surface area contributed by atoms with Gasteiger partial charge in [0, 0.05) is 17.5 Å². The number of rotatable bonds is 3. The molecule has 1 aromatic heterocycles. The number of nitrogens with zero attached hydrogens (tertiary/aromatic N) is 1. The van der Waals surface area contributed by atoms with Crippen molar-refractivity contribution in [2.75, 3.05) is 0 Å². The van der Waals surface area contributed by atoms with Gasteiger partial charge in [-0.05, 0) is 5.56 Å². The third-order valence-corrected chi connectivity index (χ3v) is 1.95. The third-order valence-electron chi connectivity index (χ3n) is 1.67. The van der Waals surface area contributed by atoms with Crippen molar-refractivity contribution in [3.05, 3.63) is 23.1 Å². The van der Waals surface area contributed by atoms with Crippen molar-refractivity contribution >= 4 is 11.6 Å². The van der Waals surface area contributed by atoms with E-state index in [0.717, 1.165) is 6.07 Å². The fourth-order valence-electron chi connectivity index (χ4n) is 1.02. The number of aliphatic hydroxyl groups excluding tert-OH is 1. The molecule has 0 aliphatic heterocycles. The highest BCUT2D eigenvalue weighted by atomic mass is 35.5. The van der Waals surface area contributed by atoms with Gasteiger partial charge in [0.15, 0.2) is 0 Å². The Hall–Kier alpha value is -1.08. The summed E-state index contributed by atoms with van der Waals surface area (Å²) in [7, 11) is 0. The molecule has 1 aromatic rings. The van der Waals surface area contributed by atoms with E-state index in [4.69, 9.17) is 16.7 Å². The van der Waals surface area contributed by atoms with Crippen molar-refractivity contribution < 1.29 is 27.4 Å². The van der Waals surface area contributed by atoms with Crippen LogP contribution in [0.3, 0.4) is 0 Å². The molecule has 0 fully saturated rings. The fraction of sp³-hybridized carbons (Fsp3) is 0.375. The minimum absolute atomic E-state index is 0.00378. The second-order valence-corrected chi connectivity index (χ2v) is 3.00. The molecule has 3 nitrogen and oxygen atoms in total. The Kier molecular flexibility index (Phi) is 3.93. The van der Waals surface area contributed by atoms with Gasteiger partial charge < -0.3 is 9.84 Å². The molecule has 8 heteroatoms. The zero-order valence-electron chi connectivity index (χ0n) is 7.68. The molecule has 90 valence electrons. The lowest BCUT2D eigenvalue weighted by Gasteiger charge is -2.11. The highest BCUT2D eigenvalue weighted by Gasteiger charge is 2.32. The fourth-order valence-corrected chi connectivity index (χ4v) is 1.26. The molecule has 0 aliphatic carbocycles. The molecule has 16 heavy (non-hydrogen) atoms. The average molecular weight is 260 g/mol. The van der Waals surface area contributed by atoms with Crippen LogP contribution in [0.1, 0.15) is 11.1 Å². The molecule has 0 bridgehead atoms. The van der Waals surface area contributed by atoms with Crippen LogP contribution in [0.15, 0.2) is 6.07 Å². The first-order valence-corrected chi connectivity index (χ1v) is 4.51. The summed E-state index contributed by atoms with van der Waals surface area (Å²) in [5, 5.41) is 8.75. The second kappa shape index (κ2) is 4.84. The maximum Gasteiger partial charge on any atom is 0.574 e. The van der Waals surface area contributed by atoms with Gasteiger partial charge in [-0.1, -0.05) is 0 Å². The predicted octanol–water partition coefficient (Wildman–Crippen LogP) is 2.35. The van der Waals surface area contributed by atoms with E-state index in [0.29, 0.717) is 0 Å². The molecule has 0 amide bonds. The highest BCUT2D eigenvalue weighted by molar-refractivity contribution is 6.17. The van der Waals surface area contributed by atoms with Gasteiger partial charge in [-0.2, -0.15) is 9.37 Å². The van der Waals surface area contributed by atoms with Gasteiger partial charge >= 0.3 is 6.36 Å². The first-order chi connectivity index (χ1) is 7.37. The number of aliphatic hydroxyl groups is 1. The Morgan fingerprint density at radius 2 is 2.06 bits per heavy atom. The molecule has 1 rings (SSSR count). The van der Waals surface area contributed by atoms with Crippen LogP contribution in [0, 0.1) is 5.95 Å². The Bertz CT molecular complexity index is 383. The molecule has 0 spiro atoms. The van der Waals surface area contributed by atoms with Crippen LogP contribution in [0.25, 0.3) is 0 Å². The monoisotopic (exact) mass is 259 g/mol. The Morgan fingerprint density at radius 1 is 1.44 bits per heavy atom. The first-order valence-electron chi connectivity index (χ1n) is 3.98. The van der Waals surface area contributed by atoms with Gasteiger partial charge in [-0.3, -0.25) is 0 Å². The lowest BCUT2D eigenvalue weighted by molar-refractivity contribution is -0.276. The molecular formula is C8H6ClF4NO2. The number of halogens is 5. The molecule has 1 heterocycles. The predicted molar refractivity (Wildman–Crippen MR) is 46.4 cm³/mol. The molecule has 0 radical (unpaired) electrons. The number of aromatic nitrogens is 1. The van der Waals surface area contributed by atoms with Gasteiger partial charge in [0.2, 0.25) is 11.8 Å². The van der Waals surface area contributed by atoms with E-state index in [-0.39, 0.29) is 17.0 Å². The minimum Gasteiger partial charge on any atom is -0.391 e. The Morgan fingerprint density at radius 3 is 2.50 bits per heavy atom. The summed E-state index contributed by atoms with van der Waals surface area (Å²) in [6, 6.07) is 0.828. The summed E-state index contributed by atoms with van der Waals surface area (Å²) >= 11 is 5.38. The first kappa shape index (κ1) is 13.0. The van der Waals surface area contributed by atoms with Crippen LogP contribution in [0.5, 0.6) is 5.88 Å². The van der Waals surface area contributed by atoms with E-state index < -0.39 is 24.8 Å².